The van der Waals surface area contributed by atoms with Crippen molar-refractivity contribution in [1.29, 1.82) is 0 Å². The third-order valence-corrected chi connectivity index (χ3v) is 3.27. The Balaban J connectivity index is 1.91. The molecule has 1 aromatic heterocycles. The Hall–Kier alpha value is -1.20. The Morgan fingerprint density at radius 1 is 1.50 bits per heavy atom. The monoisotopic (exact) mass is 311 g/mol. The lowest BCUT2D eigenvalue weighted by molar-refractivity contribution is 0.489. The van der Waals surface area contributed by atoms with Crippen molar-refractivity contribution in [3.05, 3.63) is 52.5 Å². The third kappa shape index (κ3) is 3.40. The fourth-order valence-electron chi connectivity index (χ4n) is 1.78. The van der Waals surface area contributed by atoms with Crippen molar-refractivity contribution in [3.8, 4) is 0 Å². The minimum Gasteiger partial charge on any atom is -0.308 e. The minimum atomic E-state index is -0.183. The van der Waals surface area contributed by atoms with Crippen LogP contribution in [0, 0.1) is 5.82 Å². The number of hydrogen-bond donors (Lipinski definition) is 1. The van der Waals surface area contributed by atoms with Crippen LogP contribution in [0.15, 0.2) is 41.1 Å². The highest BCUT2D eigenvalue weighted by atomic mass is 79.9. The zero-order valence-corrected chi connectivity index (χ0v) is 11.7. The smallest absolute Gasteiger partial charge is 0.128 e. The maximum atomic E-state index is 13.6. The van der Waals surface area contributed by atoms with Crippen LogP contribution < -0.4 is 5.32 Å². The van der Waals surface area contributed by atoms with E-state index in [0.29, 0.717) is 5.56 Å². The molecule has 1 heterocycles. The summed E-state index contributed by atoms with van der Waals surface area (Å²) in [5.74, 6) is -0.183. The first-order valence-corrected chi connectivity index (χ1v) is 6.62. The van der Waals surface area contributed by atoms with Crippen LogP contribution in [-0.4, -0.2) is 16.3 Å². The summed E-state index contributed by atoms with van der Waals surface area (Å²) >= 11 is 3.36. The number of nitrogens with one attached hydrogen (secondary N) is 1. The van der Waals surface area contributed by atoms with Gasteiger partial charge in [-0.25, -0.2) is 4.39 Å². The van der Waals surface area contributed by atoms with Crippen LogP contribution in [-0.2, 0) is 6.54 Å². The van der Waals surface area contributed by atoms with Crippen LogP contribution in [0.5, 0.6) is 0 Å². The van der Waals surface area contributed by atoms with Crippen molar-refractivity contribution in [2.75, 3.05) is 6.54 Å². The van der Waals surface area contributed by atoms with Crippen LogP contribution in [0.2, 0.25) is 0 Å². The largest absolute Gasteiger partial charge is 0.308 e. The van der Waals surface area contributed by atoms with Gasteiger partial charge in [0.15, 0.2) is 0 Å². The third-order valence-electron chi connectivity index (χ3n) is 2.78. The second kappa shape index (κ2) is 6.11. The molecule has 0 saturated heterocycles. The molecule has 1 aromatic carbocycles. The van der Waals surface area contributed by atoms with Gasteiger partial charge in [0, 0.05) is 35.0 Å². The predicted octanol–water partition coefficient (Wildman–Crippen LogP) is 3.14. The summed E-state index contributed by atoms with van der Waals surface area (Å²) in [6.45, 7) is 3.47. The Morgan fingerprint density at radius 3 is 3.06 bits per heavy atom. The summed E-state index contributed by atoms with van der Waals surface area (Å²) in [7, 11) is 0. The molecule has 18 heavy (non-hydrogen) atoms. The van der Waals surface area contributed by atoms with Gasteiger partial charge in [0.1, 0.15) is 5.82 Å². The summed E-state index contributed by atoms with van der Waals surface area (Å²) in [4.78, 5) is 0. The van der Waals surface area contributed by atoms with Crippen molar-refractivity contribution >= 4 is 15.9 Å². The molecular formula is C13H15BrFN3. The molecule has 0 fully saturated rings. The fourth-order valence-corrected chi connectivity index (χ4v) is 2.16. The molecule has 96 valence electrons. The van der Waals surface area contributed by atoms with Gasteiger partial charge >= 0.3 is 0 Å². The van der Waals surface area contributed by atoms with E-state index in [9.17, 15) is 4.39 Å². The fraction of sp³-hybridized carbons (Fsp3) is 0.308. The summed E-state index contributed by atoms with van der Waals surface area (Å²) in [5, 5.41) is 7.40. The Kier molecular flexibility index (Phi) is 4.49. The van der Waals surface area contributed by atoms with Crippen molar-refractivity contribution in [2.45, 2.75) is 19.5 Å². The van der Waals surface area contributed by atoms with E-state index in [1.807, 2.05) is 23.9 Å². The number of nitrogens with zero attached hydrogens (tertiary/aromatic N) is 2. The van der Waals surface area contributed by atoms with Gasteiger partial charge in [0.2, 0.25) is 0 Å². The first-order valence-electron chi connectivity index (χ1n) is 5.82. The maximum absolute atomic E-state index is 13.6. The first kappa shape index (κ1) is 13.2. The van der Waals surface area contributed by atoms with E-state index in [0.717, 1.165) is 17.6 Å². The second-order valence-corrected chi connectivity index (χ2v) is 5.03. The highest BCUT2D eigenvalue weighted by molar-refractivity contribution is 9.10. The van der Waals surface area contributed by atoms with E-state index in [-0.39, 0.29) is 11.9 Å². The van der Waals surface area contributed by atoms with Gasteiger partial charge in [0.25, 0.3) is 0 Å². The van der Waals surface area contributed by atoms with E-state index >= 15 is 0 Å². The SMILES string of the molecule is CC(NCCn1cccn1)c1cc(Br)ccc1F. The van der Waals surface area contributed by atoms with Gasteiger partial charge in [0.05, 0.1) is 6.54 Å². The van der Waals surface area contributed by atoms with Gasteiger partial charge in [-0.2, -0.15) is 5.10 Å². The Morgan fingerprint density at radius 2 is 2.33 bits per heavy atom. The summed E-state index contributed by atoms with van der Waals surface area (Å²) < 4.78 is 16.4. The Labute approximate surface area is 114 Å². The van der Waals surface area contributed by atoms with Crippen molar-refractivity contribution in [1.82, 2.24) is 15.1 Å². The minimum absolute atomic E-state index is 0.0296. The molecule has 0 aliphatic heterocycles. The van der Waals surface area contributed by atoms with Gasteiger partial charge < -0.3 is 5.32 Å². The van der Waals surface area contributed by atoms with Crippen LogP contribution >= 0.6 is 15.9 Å². The second-order valence-electron chi connectivity index (χ2n) is 4.11. The van der Waals surface area contributed by atoms with Crippen molar-refractivity contribution < 1.29 is 4.39 Å². The Bertz CT molecular complexity index is 499. The summed E-state index contributed by atoms with van der Waals surface area (Å²) in [6.07, 6.45) is 3.66. The lowest BCUT2D eigenvalue weighted by Gasteiger charge is -2.15. The molecule has 5 heteroatoms. The molecule has 2 aromatic rings. The van der Waals surface area contributed by atoms with E-state index in [4.69, 9.17) is 0 Å². The molecule has 0 amide bonds. The maximum Gasteiger partial charge on any atom is 0.128 e. The first-order chi connectivity index (χ1) is 8.66. The molecule has 1 unspecified atom stereocenters. The number of aromatic nitrogens is 2. The molecule has 0 saturated carbocycles. The van der Waals surface area contributed by atoms with Gasteiger partial charge in [-0.1, -0.05) is 15.9 Å². The standard InChI is InChI=1S/C13H15BrFN3/c1-10(12-9-11(14)3-4-13(12)15)16-6-8-18-7-2-5-17-18/h2-5,7,9-10,16H,6,8H2,1H3. The van der Waals surface area contributed by atoms with Crippen LogP contribution in [0.1, 0.15) is 18.5 Å². The van der Waals surface area contributed by atoms with Crippen molar-refractivity contribution in [3.63, 3.8) is 0 Å². The van der Waals surface area contributed by atoms with E-state index in [1.165, 1.54) is 6.07 Å². The molecule has 0 aliphatic rings. The summed E-state index contributed by atoms with van der Waals surface area (Å²) in [6, 6.07) is 6.84. The normalized spacial score (nSPS) is 12.6. The molecule has 3 nitrogen and oxygen atoms in total. The summed E-state index contributed by atoms with van der Waals surface area (Å²) in [5.41, 5.74) is 0.671. The lowest BCUT2D eigenvalue weighted by atomic mass is 10.1. The van der Waals surface area contributed by atoms with E-state index < -0.39 is 0 Å². The van der Waals surface area contributed by atoms with Gasteiger partial charge in [-0.3, -0.25) is 4.68 Å². The van der Waals surface area contributed by atoms with Crippen LogP contribution in [0.3, 0.4) is 0 Å². The van der Waals surface area contributed by atoms with E-state index in [1.54, 1.807) is 18.3 Å². The van der Waals surface area contributed by atoms with Crippen molar-refractivity contribution in [2.24, 2.45) is 0 Å². The number of hydrogen-bond acceptors (Lipinski definition) is 2. The molecule has 1 atom stereocenters. The van der Waals surface area contributed by atoms with Crippen LogP contribution in [0.4, 0.5) is 4.39 Å². The number of benzene rings is 1. The molecule has 0 aliphatic carbocycles. The lowest BCUT2D eigenvalue weighted by Crippen LogP contribution is -2.24. The predicted molar refractivity (Wildman–Crippen MR) is 72.7 cm³/mol. The van der Waals surface area contributed by atoms with Crippen LogP contribution in [0.25, 0.3) is 0 Å². The quantitative estimate of drug-likeness (QED) is 0.919. The molecular weight excluding hydrogens is 297 g/mol. The average molecular weight is 312 g/mol. The average Bonchev–Trinajstić information content (AvgIpc) is 2.85. The zero-order valence-electron chi connectivity index (χ0n) is 10.1. The molecule has 1 N–H and O–H groups in total. The highest BCUT2D eigenvalue weighted by Gasteiger charge is 2.10. The molecule has 0 spiro atoms. The molecule has 2 rings (SSSR count). The molecule has 0 bridgehead atoms. The van der Waals surface area contributed by atoms with E-state index in [2.05, 4.69) is 26.3 Å². The highest BCUT2D eigenvalue weighted by Crippen LogP contribution is 2.21. The molecule has 0 radical (unpaired) electrons. The number of halogens is 2. The topological polar surface area (TPSA) is 29.9 Å². The van der Waals surface area contributed by atoms with Gasteiger partial charge in [-0.05, 0) is 31.2 Å². The zero-order chi connectivity index (χ0) is 13.0. The van der Waals surface area contributed by atoms with Gasteiger partial charge in [-0.15, -0.1) is 0 Å². The number of rotatable bonds is 5.